The van der Waals surface area contributed by atoms with Gasteiger partial charge in [0.2, 0.25) is 5.17 Å². The lowest BCUT2D eigenvalue weighted by Crippen LogP contribution is -2.35. The topological polar surface area (TPSA) is 78.1 Å². The van der Waals surface area contributed by atoms with Crippen LogP contribution in [0.4, 0.5) is 0 Å². The number of hydrogen-bond acceptors (Lipinski definition) is 5. The summed E-state index contributed by atoms with van der Waals surface area (Å²) in [7, 11) is 0. The fourth-order valence-corrected chi connectivity index (χ4v) is 3.20. The Morgan fingerprint density at radius 1 is 1.42 bits per heavy atom. The molecule has 0 atom stereocenters. The normalized spacial score (nSPS) is 18.6. The van der Waals surface area contributed by atoms with Crippen LogP contribution >= 0.6 is 27.7 Å². The Morgan fingerprint density at radius 2 is 2.21 bits per heavy atom. The van der Waals surface area contributed by atoms with Crippen LogP contribution in [-0.4, -0.2) is 38.9 Å². The van der Waals surface area contributed by atoms with E-state index in [1.807, 2.05) is 31.2 Å². The van der Waals surface area contributed by atoms with Crippen LogP contribution in [-0.2, 0) is 4.79 Å². The van der Waals surface area contributed by atoms with Crippen molar-refractivity contribution in [2.45, 2.75) is 13.3 Å². The number of alkyl halides is 1. The number of ether oxygens (including phenoxy) is 1. The summed E-state index contributed by atoms with van der Waals surface area (Å²) in [5.74, 6) is 0.270. The minimum absolute atomic E-state index is 0.0382. The number of thioether (sulfide) groups is 1. The van der Waals surface area contributed by atoms with Crippen molar-refractivity contribution in [1.29, 1.82) is 5.41 Å². The number of benzene rings is 1. The molecule has 1 N–H and O–H groups in total. The molecule has 24 heavy (non-hydrogen) atoms. The molecular weight excluding hydrogens is 392 g/mol. The highest BCUT2D eigenvalue weighted by atomic mass is 79.9. The first-order valence-corrected chi connectivity index (χ1v) is 9.34. The van der Waals surface area contributed by atoms with Gasteiger partial charge in [-0.2, -0.15) is 15.1 Å². The van der Waals surface area contributed by atoms with E-state index in [4.69, 9.17) is 10.1 Å². The van der Waals surface area contributed by atoms with Crippen LogP contribution in [0.3, 0.4) is 0 Å². The Hall–Kier alpha value is -1.93. The standard InChI is InChI=1S/C16H15BrN4O2S/c1-2-13-20-21-14(18)11(15(22)19-16(21)24-13)9-10-5-3-4-6-12(10)23-8-7-17/h3-6,9,18H,2,7-8H2,1H3/b11-9-,18-14?. The minimum Gasteiger partial charge on any atom is -0.492 e. The quantitative estimate of drug-likeness (QED) is 0.599. The van der Waals surface area contributed by atoms with Crippen molar-refractivity contribution in [3.63, 3.8) is 0 Å². The lowest BCUT2D eigenvalue weighted by atomic mass is 10.1. The molecule has 1 aromatic carbocycles. The van der Waals surface area contributed by atoms with Crippen LogP contribution < -0.4 is 4.74 Å². The zero-order valence-electron chi connectivity index (χ0n) is 13.0. The van der Waals surface area contributed by atoms with Crippen LogP contribution in [0.2, 0.25) is 0 Å². The average molecular weight is 407 g/mol. The van der Waals surface area contributed by atoms with Gasteiger partial charge in [0, 0.05) is 10.9 Å². The predicted octanol–water partition coefficient (Wildman–Crippen LogP) is 3.49. The van der Waals surface area contributed by atoms with Crippen LogP contribution in [0.1, 0.15) is 18.9 Å². The van der Waals surface area contributed by atoms with Gasteiger partial charge in [-0.3, -0.25) is 10.2 Å². The van der Waals surface area contributed by atoms with Crippen molar-refractivity contribution < 1.29 is 9.53 Å². The molecule has 2 aliphatic rings. The summed E-state index contributed by atoms with van der Waals surface area (Å²) in [5, 5.41) is 16.1. The fraction of sp³-hybridized carbons (Fsp3) is 0.250. The average Bonchev–Trinajstić information content (AvgIpc) is 3.01. The molecule has 2 aliphatic heterocycles. The summed E-state index contributed by atoms with van der Waals surface area (Å²) in [6.07, 6.45) is 2.38. The van der Waals surface area contributed by atoms with E-state index < -0.39 is 5.91 Å². The molecular formula is C16H15BrN4O2S. The number of rotatable bonds is 5. The van der Waals surface area contributed by atoms with E-state index in [1.54, 1.807) is 6.08 Å². The molecule has 0 saturated heterocycles. The molecule has 0 fully saturated rings. The van der Waals surface area contributed by atoms with Gasteiger partial charge >= 0.3 is 0 Å². The smallest absolute Gasteiger partial charge is 0.283 e. The summed E-state index contributed by atoms with van der Waals surface area (Å²) < 4.78 is 5.67. The van der Waals surface area contributed by atoms with E-state index in [0.29, 0.717) is 22.9 Å². The van der Waals surface area contributed by atoms with Gasteiger partial charge in [0.15, 0.2) is 5.84 Å². The number of hydrazone groups is 1. The van der Waals surface area contributed by atoms with Gasteiger partial charge in [-0.1, -0.05) is 41.1 Å². The number of nitrogens with one attached hydrogen (secondary N) is 1. The number of para-hydroxylation sites is 1. The maximum absolute atomic E-state index is 12.3. The molecule has 3 rings (SSSR count). The SMILES string of the molecule is CCC1=NN2C(=N)/C(=C/c3ccccc3OCCBr)C(=O)N=C2S1. The zero-order valence-corrected chi connectivity index (χ0v) is 15.4. The second-order valence-electron chi connectivity index (χ2n) is 4.94. The molecule has 0 bridgehead atoms. The second-order valence-corrected chi connectivity index (χ2v) is 6.78. The zero-order chi connectivity index (χ0) is 17.1. The predicted molar refractivity (Wildman–Crippen MR) is 101 cm³/mol. The summed E-state index contributed by atoms with van der Waals surface area (Å²) in [5.41, 5.74) is 0.937. The highest BCUT2D eigenvalue weighted by Gasteiger charge is 2.35. The van der Waals surface area contributed by atoms with E-state index in [0.717, 1.165) is 17.0 Å². The molecule has 0 unspecified atom stereocenters. The van der Waals surface area contributed by atoms with Crippen molar-refractivity contribution >= 4 is 55.7 Å². The Bertz CT molecular complexity index is 788. The number of hydrogen-bond donors (Lipinski definition) is 1. The molecule has 124 valence electrons. The summed E-state index contributed by atoms with van der Waals surface area (Å²) >= 11 is 4.65. The molecule has 1 aromatic rings. The molecule has 8 heteroatoms. The van der Waals surface area contributed by atoms with Gasteiger partial charge in [0.25, 0.3) is 5.91 Å². The van der Waals surface area contributed by atoms with Gasteiger partial charge in [0.05, 0.1) is 12.2 Å². The third-order valence-corrected chi connectivity index (χ3v) is 4.73. The van der Waals surface area contributed by atoms with Crippen molar-refractivity contribution in [1.82, 2.24) is 5.01 Å². The van der Waals surface area contributed by atoms with Crippen LogP contribution in [0, 0.1) is 5.41 Å². The Labute approximate surface area is 152 Å². The van der Waals surface area contributed by atoms with Crippen LogP contribution in [0.25, 0.3) is 6.08 Å². The first-order chi connectivity index (χ1) is 11.6. The van der Waals surface area contributed by atoms with Gasteiger partial charge < -0.3 is 4.74 Å². The number of amidine groups is 2. The third kappa shape index (κ3) is 3.29. The number of halogens is 1. The molecule has 2 heterocycles. The Kier molecular flexibility index (Phi) is 5.15. The molecule has 0 aliphatic carbocycles. The number of nitrogens with zero attached hydrogens (tertiary/aromatic N) is 3. The van der Waals surface area contributed by atoms with Gasteiger partial charge in [-0.25, -0.2) is 0 Å². The van der Waals surface area contributed by atoms with E-state index in [-0.39, 0.29) is 11.4 Å². The highest BCUT2D eigenvalue weighted by molar-refractivity contribution is 9.09. The number of carbonyl (C=O) groups is 1. The second kappa shape index (κ2) is 7.31. The fourth-order valence-electron chi connectivity index (χ4n) is 2.21. The van der Waals surface area contributed by atoms with Gasteiger partial charge in [-0.15, -0.1) is 0 Å². The van der Waals surface area contributed by atoms with E-state index in [1.165, 1.54) is 16.8 Å². The monoisotopic (exact) mass is 406 g/mol. The molecule has 1 amide bonds. The van der Waals surface area contributed by atoms with Crippen molar-refractivity contribution in [2.75, 3.05) is 11.9 Å². The number of amides is 1. The van der Waals surface area contributed by atoms with Crippen LogP contribution in [0.5, 0.6) is 5.75 Å². The largest absolute Gasteiger partial charge is 0.492 e. The first-order valence-electron chi connectivity index (χ1n) is 7.41. The first kappa shape index (κ1) is 16.9. The summed E-state index contributed by atoms with van der Waals surface area (Å²) in [6.45, 7) is 2.49. The Morgan fingerprint density at radius 3 is 2.96 bits per heavy atom. The van der Waals surface area contributed by atoms with Gasteiger partial charge in [-0.05, 0) is 30.3 Å². The lowest BCUT2D eigenvalue weighted by Gasteiger charge is -2.20. The number of fused-ring (bicyclic) bond motifs is 1. The van der Waals surface area contributed by atoms with E-state index >= 15 is 0 Å². The summed E-state index contributed by atoms with van der Waals surface area (Å²) in [4.78, 5) is 16.4. The van der Waals surface area contributed by atoms with E-state index in [9.17, 15) is 4.79 Å². The van der Waals surface area contributed by atoms with Crippen molar-refractivity contribution in [3.8, 4) is 5.75 Å². The lowest BCUT2D eigenvalue weighted by molar-refractivity contribution is -0.114. The van der Waals surface area contributed by atoms with Crippen molar-refractivity contribution in [3.05, 3.63) is 35.4 Å². The molecule has 6 nitrogen and oxygen atoms in total. The number of carbonyl (C=O) groups excluding carboxylic acids is 1. The maximum atomic E-state index is 12.3. The van der Waals surface area contributed by atoms with Crippen LogP contribution in [0.15, 0.2) is 39.9 Å². The highest BCUT2D eigenvalue weighted by Crippen LogP contribution is 2.30. The molecule has 0 radical (unpaired) electrons. The third-order valence-electron chi connectivity index (χ3n) is 3.35. The van der Waals surface area contributed by atoms with Gasteiger partial charge in [0.1, 0.15) is 10.8 Å². The molecule has 0 aromatic heterocycles. The maximum Gasteiger partial charge on any atom is 0.283 e. The van der Waals surface area contributed by atoms with E-state index in [2.05, 4.69) is 26.0 Å². The summed E-state index contributed by atoms with van der Waals surface area (Å²) in [6, 6.07) is 7.40. The number of aliphatic imine (C=N–C) groups is 1. The Balaban J connectivity index is 1.95. The molecule has 0 spiro atoms. The minimum atomic E-state index is -0.429. The van der Waals surface area contributed by atoms with Crippen molar-refractivity contribution in [2.24, 2.45) is 10.1 Å². The molecule has 0 saturated carbocycles.